The lowest BCUT2D eigenvalue weighted by Crippen LogP contribution is -2.17. The van der Waals surface area contributed by atoms with Gasteiger partial charge in [0.15, 0.2) is 0 Å². The van der Waals surface area contributed by atoms with E-state index in [-0.39, 0.29) is 0 Å². The first-order valence-electron chi connectivity index (χ1n) is 9.41. The van der Waals surface area contributed by atoms with Gasteiger partial charge < -0.3 is 34.7 Å². The standard InChI is InChI=1S/C20H24N2O3.C2H2O4/c1-23-16-5-7-20(25-3)15(10-16)12-21-9-8-14-13-22-19-6-4-17(24-2)11-18(14)19;3-1(4)2(5)6/h4-7,10-11,13,21-22H,8-9,12H2,1-3H3;(H,3,4)(H,5,6). The van der Waals surface area contributed by atoms with Crippen LogP contribution in [0.3, 0.4) is 0 Å². The van der Waals surface area contributed by atoms with Crippen LogP contribution < -0.4 is 19.5 Å². The highest BCUT2D eigenvalue weighted by atomic mass is 16.5. The van der Waals surface area contributed by atoms with Crippen molar-refractivity contribution < 1.29 is 34.0 Å². The van der Waals surface area contributed by atoms with E-state index in [4.69, 9.17) is 34.0 Å². The van der Waals surface area contributed by atoms with Crippen molar-refractivity contribution >= 4 is 22.8 Å². The number of carboxylic acid groups (broad SMARTS) is 2. The molecule has 0 radical (unpaired) electrons. The molecule has 31 heavy (non-hydrogen) atoms. The molecular weight excluding hydrogens is 404 g/mol. The first-order valence-corrected chi connectivity index (χ1v) is 9.41. The molecule has 0 fully saturated rings. The molecule has 166 valence electrons. The van der Waals surface area contributed by atoms with Crippen LogP contribution in [0, 0.1) is 0 Å². The van der Waals surface area contributed by atoms with Gasteiger partial charge in [-0.1, -0.05) is 0 Å². The molecule has 0 amide bonds. The molecule has 0 saturated heterocycles. The fraction of sp³-hybridized carbons (Fsp3) is 0.273. The highest BCUT2D eigenvalue weighted by Gasteiger charge is 2.07. The summed E-state index contributed by atoms with van der Waals surface area (Å²) in [4.78, 5) is 21.5. The van der Waals surface area contributed by atoms with Gasteiger partial charge in [-0.3, -0.25) is 0 Å². The van der Waals surface area contributed by atoms with Gasteiger partial charge in [0, 0.05) is 29.2 Å². The molecule has 1 heterocycles. The van der Waals surface area contributed by atoms with Crippen LogP contribution in [0.5, 0.6) is 17.2 Å². The summed E-state index contributed by atoms with van der Waals surface area (Å²) >= 11 is 0. The van der Waals surface area contributed by atoms with Crippen molar-refractivity contribution in [2.24, 2.45) is 0 Å². The molecule has 4 N–H and O–H groups in total. The zero-order valence-corrected chi connectivity index (χ0v) is 17.6. The second-order valence-electron chi connectivity index (χ2n) is 6.44. The van der Waals surface area contributed by atoms with E-state index in [2.05, 4.69) is 22.6 Å². The van der Waals surface area contributed by atoms with Crippen LogP contribution >= 0.6 is 0 Å². The molecule has 0 saturated carbocycles. The Bertz CT molecular complexity index is 1020. The topological polar surface area (TPSA) is 130 Å². The Morgan fingerprint density at radius 3 is 2.16 bits per heavy atom. The van der Waals surface area contributed by atoms with E-state index in [9.17, 15) is 0 Å². The average molecular weight is 430 g/mol. The Hall–Kier alpha value is -3.72. The van der Waals surface area contributed by atoms with E-state index in [1.54, 1.807) is 21.3 Å². The van der Waals surface area contributed by atoms with Gasteiger partial charge in [0.25, 0.3) is 0 Å². The monoisotopic (exact) mass is 430 g/mol. The number of aliphatic carboxylic acids is 2. The summed E-state index contributed by atoms with van der Waals surface area (Å²) in [6.45, 7) is 1.59. The lowest BCUT2D eigenvalue weighted by atomic mass is 10.1. The Labute approximate surface area is 179 Å². The van der Waals surface area contributed by atoms with Crippen molar-refractivity contribution in [1.29, 1.82) is 0 Å². The first kappa shape index (κ1) is 23.6. The molecule has 0 aliphatic rings. The van der Waals surface area contributed by atoms with E-state index >= 15 is 0 Å². The highest BCUT2D eigenvalue weighted by molar-refractivity contribution is 6.27. The summed E-state index contributed by atoms with van der Waals surface area (Å²) in [6, 6.07) is 11.9. The Kier molecular flexibility index (Phi) is 8.71. The molecule has 2 aromatic carbocycles. The fourth-order valence-electron chi connectivity index (χ4n) is 2.96. The van der Waals surface area contributed by atoms with Crippen LogP contribution in [0.15, 0.2) is 42.6 Å². The minimum absolute atomic E-state index is 0.728. The number of aromatic nitrogens is 1. The lowest BCUT2D eigenvalue weighted by molar-refractivity contribution is -0.159. The third kappa shape index (κ3) is 6.65. The minimum atomic E-state index is -1.82. The number of methoxy groups -OCH3 is 3. The second-order valence-corrected chi connectivity index (χ2v) is 6.44. The number of carboxylic acids is 2. The Balaban J connectivity index is 0.000000501. The SMILES string of the molecule is COc1ccc(OC)c(CNCCc2c[nH]c3ccc(OC)cc23)c1.O=C(O)C(=O)O. The van der Waals surface area contributed by atoms with E-state index in [1.807, 2.05) is 30.3 Å². The molecule has 9 nitrogen and oxygen atoms in total. The summed E-state index contributed by atoms with van der Waals surface area (Å²) in [5.41, 5.74) is 3.49. The number of nitrogens with one attached hydrogen (secondary N) is 2. The number of fused-ring (bicyclic) bond motifs is 1. The molecule has 0 spiro atoms. The third-order valence-electron chi connectivity index (χ3n) is 4.53. The van der Waals surface area contributed by atoms with Crippen molar-refractivity contribution in [1.82, 2.24) is 10.3 Å². The lowest BCUT2D eigenvalue weighted by Gasteiger charge is -2.11. The van der Waals surface area contributed by atoms with Crippen molar-refractivity contribution in [2.45, 2.75) is 13.0 Å². The van der Waals surface area contributed by atoms with E-state index in [0.29, 0.717) is 0 Å². The minimum Gasteiger partial charge on any atom is -0.497 e. The average Bonchev–Trinajstić information content (AvgIpc) is 3.18. The van der Waals surface area contributed by atoms with Gasteiger partial charge in [-0.2, -0.15) is 0 Å². The smallest absolute Gasteiger partial charge is 0.414 e. The van der Waals surface area contributed by atoms with Crippen LogP contribution in [-0.2, 0) is 22.6 Å². The number of ether oxygens (including phenoxy) is 3. The normalized spacial score (nSPS) is 10.2. The third-order valence-corrected chi connectivity index (χ3v) is 4.53. The predicted molar refractivity (Wildman–Crippen MR) is 115 cm³/mol. The van der Waals surface area contributed by atoms with Gasteiger partial charge >= 0.3 is 11.9 Å². The number of aromatic amines is 1. The number of hydrogen-bond donors (Lipinski definition) is 4. The van der Waals surface area contributed by atoms with Gasteiger partial charge in [0.2, 0.25) is 0 Å². The summed E-state index contributed by atoms with van der Waals surface area (Å²) < 4.78 is 16.0. The molecule has 9 heteroatoms. The van der Waals surface area contributed by atoms with Gasteiger partial charge in [-0.25, -0.2) is 9.59 Å². The Morgan fingerprint density at radius 2 is 1.55 bits per heavy atom. The van der Waals surface area contributed by atoms with Crippen LogP contribution in [-0.4, -0.2) is 55.0 Å². The van der Waals surface area contributed by atoms with Crippen molar-refractivity contribution in [3.63, 3.8) is 0 Å². The summed E-state index contributed by atoms with van der Waals surface area (Å²) in [5, 5.41) is 19.5. The van der Waals surface area contributed by atoms with Crippen molar-refractivity contribution in [2.75, 3.05) is 27.9 Å². The van der Waals surface area contributed by atoms with Gasteiger partial charge in [0.05, 0.1) is 21.3 Å². The molecule has 0 bridgehead atoms. The van der Waals surface area contributed by atoms with Crippen LogP contribution in [0.4, 0.5) is 0 Å². The zero-order valence-electron chi connectivity index (χ0n) is 17.6. The number of rotatable bonds is 8. The maximum atomic E-state index is 9.10. The van der Waals surface area contributed by atoms with Crippen LogP contribution in [0.2, 0.25) is 0 Å². The quantitative estimate of drug-likeness (QED) is 0.317. The Morgan fingerprint density at radius 1 is 0.903 bits per heavy atom. The summed E-state index contributed by atoms with van der Waals surface area (Å²) in [5.74, 6) is -1.07. The van der Waals surface area contributed by atoms with E-state index in [0.717, 1.165) is 47.8 Å². The van der Waals surface area contributed by atoms with Crippen molar-refractivity contribution in [3.8, 4) is 17.2 Å². The molecule has 3 aromatic rings. The molecule has 3 rings (SSSR count). The first-order chi connectivity index (χ1) is 14.9. The van der Waals surface area contributed by atoms with Crippen LogP contribution in [0.25, 0.3) is 10.9 Å². The molecule has 1 aromatic heterocycles. The number of H-pyrrole nitrogens is 1. The van der Waals surface area contributed by atoms with Gasteiger partial charge in [0.1, 0.15) is 17.2 Å². The molecular formula is C22H26N2O7. The van der Waals surface area contributed by atoms with Crippen LogP contribution in [0.1, 0.15) is 11.1 Å². The second kappa shape index (κ2) is 11.5. The van der Waals surface area contributed by atoms with E-state index in [1.165, 1.54) is 10.9 Å². The largest absolute Gasteiger partial charge is 0.497 e. The number of benzene rings is 2. The van der Waals surface area contributed by atoms with Gasteiger partial charge in [-0.15, -0.1) is 0 Å². The maximum absolute atomic E-state index is 9.10. The fourth-order valence-corrected chi connectivity index (χ4v) is 2.96. The molecule has 0 unspecified atom stereocenters. The van der Waals surface area contributed by atoms with Gasteiger partial charge in [-0.05, 0) is 54.9 Å². The number of hydrogen-bond acceptors (Lipinski definition) is 6. The van der Waals surface area contributed by atoms with Crippen molar-refractivity contribution in [3.05, 3.63) is 53.7 Å². The summed E-state index contributed by atoms with van der Waals surface area (Å²) in [7, 11) is 5.05. The summed E-state index contributed by atoms with van der Waals surface area (Å²) in [6.07, 6.45) is 3.00. The number of carbonyl (C=O) groups is 2. The molecule has 0 aliphatic carbocycles. The molecule has 0 atom stereocenters. The van der Waals surface area contributed by atoms with E-state index < -0.39 is 11.9 Å². The highest BCUT2D eigenvalue weighted by Crippen LogP contribution is 2.25. The molecule has 0 aliphatic heterocycles. The maximum Gasteiger partial charge on any atom is 0.414 e. The predicted octanol–water partition coefficient (Wildman–Crippen LogP) is 2.68. The zero-order chi connectivity index (χ0) is 22.8.